The normalized spacial score (nSPS) is 17.8. The number of rotatable bonds is 1. The zero-order chi connectivity index (χ0) is 8.39. The quantitative estimate of drug-likeness (QED) is 0.593. The van der Waals surface area contributed by atoms with Gasteiger partial charge >= 0.3 is 0 Å². The monoisotopic (exact) mass is 147 g/mol. The minimum atomic E-state index is 0.317. The third-order valence-corrected chi connectivity index (χ3v) is 1.82. The lowest BCUT2D eigenvalue weighted by Crippen LogP contribution is -1.95. The van der Waals surface area contributed by atoms with Gasteiger partial charge in [-0.05, 0) is 18.9 Å². The molecule has 2 heteroatoms. The van der Waals surface area contributed by atoms with Gasteiger partial charge in [-0.15, -0.1) is 0 Å². The molecule has 0 spiro atoms. The van der Waals surface area contributed by atoms with Gasteiger partial charge in [-0.25, -0.2) is 0 Å². The van der Waals surface area contributed by atoms with E-state index in [1.54, 1.807) is 12.3 Å². The molecule has 0 radical (unpaired) electrons. The molecule has 0 N–H and O–H groups in total. The zero-order valence-electron chi connectivity index (χ0n) is 7.25. The molecule has 1 aliphatic rings. The Bertz CT molecular complexity index is 303. The van der Waals surface area contributed by atoms with E-state index in [-0.39, 0.29) is 0 Å². The van der Waals surface area contributed by atoms with E-state index in [1.807, 2.05) is 6.07 Å². The SMILES string of the molecule is [2H]c1ccc(C2=NCCC2)cn1. The zero-order valence-corrected chi connectivity index (χ0v) is 6.25. The van der Waals surface area contributed by atoms with Crippen molar-refractivity contribution in [3.63, 3.8) is 0 Å². The summed E-state index contributed by atoms with van der Waals surface area (Å²) < 4.78 is 7.21. The number of hydrogen-bond acceptors (Lipinski definition) is 2. The van der Waals surface area contributed by atoms with Crippen LogP contribution >= 0.6 is 0 Å². The molecule has 2 nitrogen and oxygen atoms in total. The third kappa shape index (κ3) is 1.29. The summed E-state index contributed by atoms with van der Waals surface area (Å²) in [7, 11) is 0. The van der Waals surface area contributed by atoms with Gasteiger partial charge in [0.25, 0.3) is 0 Å². The maximum absolute atomic E-state index is 7.21. The summed E-state index contributed by atoms with van der Waals surface area (Å²) in [5.74, 6) is 0. The fourth-order valence-corrected chi connectivity index (χ4v) is 1.27. The number of hydrogen-bond donors (Lipinski definition) is 0. The maximum Gasteiger partial charge on any atom is 0.0840 e. The standard InChI is InChI=1S/C9H10N2/c1-3-8(7-10-5-1)9-4-2-6-11-9/h1,3,5,7H,2,4,6H2/i5D. The van der Waals surface area contributed by atoms with Crippen LogP contribution in [-0.4, -0.2) is 17.2 Å². The molecule has 1 aliphatic heterocycles. The van der Waals surface area contributed by atoms with Crippen LogP contribution in [0.3, 0.4) is 0 Å². The number of aliphatic imine (C=N–C) groups is 1. The van der Waals surface area contributed by atoms with E-state index in [0.717, 1.165) is 30.7 Å². The Kier molecular flexibility index (Phi) is 1.40. The van der Waals surface area contributed by atoms with Crippen molar-refractivity contribution in [3.8, 4) is 0 Å². The average molecular weight is 147 g/mol. The highest BCUT2D eigenvalue weighted by Gasteiger charge is 2.07. The van der Waals surface area contributed by atoms with Gasteiger partial charge in [-0.2, -0.15) is 0 Å². The molecule has 11 heavy (non-hydrogen) atoms. The Morgan fingerprint density at radius 1 is 1.55 bits per heavy atom. The largest absolute Gasteiger partial charge is 0.289 e. The second-order valence-corrected chi connectivity index (χ2v) is 2.61. The lowest BCUT2D eigenvalue weighted by molar-refractivity contribution is 0.951. The molecule has 0 saturated carbocycles. The lowest BCUT2D eigenvalue weighted by atomic mass is 10.1. The molecule has 0 saturated heterocycles. The van der Waals surface area contributed by atoms with E-state index in [0.29, 0.717) is 6.17 Å². The second-order valence-electron chi connectivity index (χ2n) is 2.61. The summed E-state index contributed by atoms with van der Waals surface area (Å²) >= 11 is 0. The average Bonchev–Trinajstić information content (AvgIpc) is 2.58. The fraction of sp³-hybridized carbons (Fsp3) is 0.333. The van der Waals surface area contributed by atoms with Gasteiger partial charge in [-0.3, -0.25) is 9.98 Å². The van der Waals surface area contributed by atoms with Crippen molar-refractivity contribution in [3.05, 3.63) is 30.1 Å². The van der Waals surface area contributed by atoms with Crippen LogP contribution in [0, 0.1) is 0 Å². The highest BCUT2D eigenvalue weighted by molar-refractivity contribution is 6.01. The molecule has 0 atom stereocenters. The topological polar surface area (TPSA) is 25.2 Å². The number of aromatic nitrogens is 1. The van der Waals surface area contributed by atoms with E-state index in [4.69, 9.17) is 1.37 Å². The van der Waals surface area contributed by atoms with Gasteiger partial charge in [-0.1, -0.05) is 6.07 Å². The van der Waals surface area contributed by atoms with E-state index in [1.165, 1.54) is 0 Å². The first-order valence-corrected chi connectivity index (χ1v) is 3.82. The fourth-order valence-electron chi connectivity index (χ4n) is 1.27. The molecule has 0 aliphatic carbocycles. The Hall–Kier alpha value is -1.18. The summed E-state index contributed by atoms with van der Waals surface area (Å²) in [6.07, 6.45) is 4.25. The summed E-state index contributed by atoms with van der Waals surface area (Å²) in [5.41, 5.74) is 2.21. The molecule has 1 aromatic rings. The predicted molar refractivity (Wildman–Crippen MR) is 44.9 cm³/mol. The van der Waals surface area contributed by atoms with Crippen molar-refractivity contribution in [2.45, 2.75) is 12.8 Å². The first-order chi connectivity index (χ1) is 5.86. The van der Waals surface area contributed by atoms with Crippen molar-refractivity contribution >= 4 is 5.71 Å². The van der Waals surface area contributed by atoms with Crippen LogP contribution in [0.15, 0.2) is 29.5 Å². The van der Waals surface area contributed by atoms with Crippen molar-refractivity contribution in [1.29, 1.82) is 0 Å². The van der Waals surface area contributed by atoms with E-state index < -0.39 is 0 Å². The van der Waals surface area contributed by atoms with Crippen molar-refractivity contribution in [1.82, 2.24) is 4.98 Å². The van der Waals surface area contributed by atoms with Crippen LogP contribution < -0.4 is 0 Å². The first-order valence-electron chi connectivity index (χ1n) is 4.32. The van der Waals surface area contributed by atoms with Crippen molar-refractivity contribution < 1.29 is 1.37 Å². The van der Waals surface area contributed by atoms with Gasteiger partial charge in [0.2, 0.25) is 0 Å². The Morgan fingerprint density at radius 3 is 3.18 bits per heavy atom. The molecule has 56 valence electrons. The minimum Gasteiger partial charge on any atom is -0.289 e. The molecular weight excluding hydrogens is 136 g/mol. The summed E-state index contributed by atoms with van der Waals surface area (Å²) in [4.78, 5) is 8.26. The Labute approximate surface area is 67.4 Å². The summed E-state index contributed by atoms with van der Waals surface area (Å²) in [5, 5.41) is 0. The maximum atomic E-state index is 7.21. The third-order valence-electron chi connectivity index (χ3n) is 1.82. The highest BCUT2D eigenvalue weighted by atomic mass is 14.8. The minimum absolute atomic E-state index is 0.317. The number of nitrogens with zero attached hydrogens (tertiary/aromatic N) is 2. The van der Waals surface area contributed by atoms with Crippen LogP contribution in [-0.2, 0) is 0 Å². The molecule has 2 heterocycles. The lowest BCUT2D eigenvalue weighted by Gasteiger charge is -1.96. The number of pyridine rings is 1. The van der Waals surface area contributed by atoms with Crippen molar-refractivity contribution in [2.24, 2.45) is 4.99 Å². The smallest absolute Gasteiger partial charge is 0.0840 e. The van der Waals surface area contributed by atoms with Crippen LogP contribution in [0.25, 0.3) is 0 Å². The molecule has 1 aromatic heterocycles. The summed E-state index contributed by atoms with van der Waals surface area (Å²) in [6, 6.07) is 3.62. The van der Waals surface area contributed by atoms with Gasteiger partial charge < -0.3 is 0 Å². The van der Waals surface area contributed by atoms with Crippen molar-refractivity contribution in [2.75, 3.05) is 6.54 Å². The Morgan fingerprint density at radius 2 is 2.55 bits per heavy atom. The van der Waals surface area contributed by atoms with Gasteiger partial charge in [0.05, 0.1) is 1.37 Å². The van der Waals surface area contributed by atoms with Crippen LogP contribution in [0.2, 0.25) is 0 Å². The molecule has 0 fully saturated rings. The molecule has 0 aromatic carbocycles. The molecule has 0 amide bonds. The molecular formula is C9H10N2. The molecule has 0 bridgehead atoms. The molecule has 0 unspecified atom stereocenters. The van der Waals surface area contributed by atoms with Crippen LogP contribution in [0.1, 0.15) is 19.8 Å². The predicted octanol–water partition coefficient (Wildman–Crippen LogP) is 1.66. The second kappa shape index (κ2) is 2.82. The first kappa shape index (κ1) is 5.47. The van der Waals surface area contributed by atoms with Crippen LogP contribution in [0.5, 0.6) is 0 Å². The Balaban J connectivity index is 2.28. The van der Waals surface area contributed by atoms with Gasteiger partial charge in [0.1, 0.15) is 0 Å². The van der Waals surface area contributed by atoms with E-state index in [2.05, 4.69) is 9.98 Å². The van der Waals surface area contributed by atoms with E-state index >= 15 is 0 Å². The van der Waals surface area contributed by atoms with E-state index in [9.17, 15) is 0 Å². The molecule has 2 rings (SSSR count). The highest BCUT2D eigenvalue weighted by Crippen LogP contribution is 2.10. The summed E-state index contributed by atoms with van der Waals surface area (Å²) in [6.45, 7) is 0.942. The van der Waals surface area contributed by atoms with Crippen LogP contribution in [0.4, 0.5) is 0 Å². The van der Waals surface area contributed by atoms with Gasteiger partial charge in [0, 0.05) is 30.2 Å². The van der Waals surface area contributed by atoms with Gasteiger partial charge in [0.15, 0.2) is 0 Å².